The number of phenolic OH excluding ortho intramolecular Hbond substituents is 1. The summed E-state index contributed by atoms with van der Waals surface area (Å²) < 4.78 is 8.45. The van der Waals surface area contributed by atoms with Crippen LogP contribution in [0.5, 0.6) is 11.5 Å². The van der Waals surface area contributed by atoms with Crippen molar-refractivity contribution < 1.29 is 29.0 Å². The van der Waals surface area contributed by atoms with E-state index in [0.29, 0.717) is 0 Å². The van der Waals surface area contributed by atoms with E-state index in [1.165, 1.54) is 24.3 Å². The van der Waals surface area contributed by atoms with Crippen molar-refractivity contribution in [2.75, 3.05) is 6.61 Å². The molecule has 0 amide bonds. The van der Waals surface area contributed by atoms with Crippen molar-refractivity contribution >= 4 is 52.5 Å². The van der Waals surface area contributed by atoms with Gasteiger partial charge in [0.15, 0.2) is 0 Å². The zero-order chi connectivity index (χ0) is 23.3. The van der Waals surface area contributed by atoms with Crippen molar-refractivity contribution in [2.45, 2.75) is 3.79 Å². The van der Waals surface area contributed by atoms with Gasteiger partial charge in [-0.25, -0.2) is 9.59 Å². The van der Waals surface area contributed by atoms with Gasteiger partial charge in [0.1, 0.15) is 23.7 Å². The van der Waals surface area contributed by atoms with Gasteiger partial charge in [0, 0.05) is 5.56 Å². The van der Waals surface area contributed by atoms with E-state index in [2.05, 4.69) is 0 Å². The Bertz CT molecular complexity index is 1140. The average Bonchev–Trinajstić information content (AvgIpc) is 2.77. The fraction of sp³-hybridized carbons (Fsp3) is 0.0870. The van der Waals surface area contributed by atoms with Gasteiger partial charge in [-0.3, -0.25) is 4.79 Å². The van der Waals surface area contributed by atoms with Gasteiger partial charge in [0.2, 0.25) is 9.58 Å². The van der Waals surface area contributed by atoms with Crippen molar-refractivity contribution in [3.63, 3.8) is 0 Å². The van der Waals surface area contributed by atoms with Crippen LogP contribution in [-0.2, 0) is 4.74 Å². The molecule has 3 aromatic carbocycles. The number of esters is 2. The van der Waals surface area contributed by atoms with Gasteiger partial charge in [-0.2, -0.15) is 0 Å². The first-order valence-corrected chi connectivity index (χ1v) is 10.3. The number of hydrogen-bond acceptors (Lipinski definition) is 6. The molecular formula is C23H15Cl3O6. The maximum absolute atomic E-state index is 13.0. The highest BCUT2D eigenvalue weighted by Gasteiger charge is 2.27. The fourth-order valence-corrected chi connectivity index (χ4v) is 2.89. The van der Waals surface area contributed by atoms with Crippen molar-refractivity contribution in [3.05, 3.63) is 95.1 Å². The molecule has 0 aliphatic heterocycles. The van der Waals surface area contributed by atoms with Crippen molar-refractivity contribution in [2.24, 2.45) is 0 Å². The van der Waals surface area contributed by atoms with Crippen LogP contribution in [0.3, 0.4) is 0 Å². The Kier molecular flexibility index (Phi) is 7.40. The molecule has 0 bridgehead atoms. The number of ether oxygens (including phenoxy) is 2. The summed E-state index contributed by atoms with van der Waals surface area (Å²) in [6.07, 6.45) is 0. The number of carbonyl (C=O) groups excluding carboxylic acids is 3. The highest BCUT2D eigenvalue weighted by atomic mass is 35.6. The van der Waals surface area contributed by atoms with E-state index in [1.54, 1.807) is 36.4 Å². The Morgan fingerprint density at radius 2 is 1.34 bits per heavy atom. The topological polar surface area (TPSA) is 89.9 Å². The summed E-state index contributed by atoms with van der Waals surface area (Å²) in [6.45, 7) is -0.554. The molecule has 0 fully saturated rings. The van der Waals surface area contributed by atoms with Crippen LogP contribution in [0.25, 0.3) is 0 Å². The third kappa shape index (κ3) is 6.01. The lowest BCUT2D eigenvalue weighted by Crippen LogP contribution is -2.18. The second kappa shape index (κ2) is 10.0. The summed E-state index contributed by atoms with van der Waals surface area (Å²) in [6, 6.07) is 18.2. The number of phenols is 1. The third-order valence-electron chi connectivity index (χ3n) is 4.16. The van der Waals surface area contributed by atoms with Gasteiger partial charge in [-0.15, -0.1) is 0 Å². The number of hydrogen-bond donors (Lipinski definition) is 1. The van der Waals surface area contributed by atoms with E-state index in [9.17, 15) is 19.5 Å². The number of aromatic hydroxyl groups is 1. The first kappa shape index (κ1) is 23.6. The molecule has 0 saturated carbocycles. The van der Waals surface area contributed by atoms with E-state index in [4.69, 9.17) is 44.3 Å². The molecule has 1 N–H and O–H groups in total. The Morgan fingerprint density at radius 1 is 0.781 bits per heavy atom. The summed E-state index contributed by atoms with van der Waals surface area (Å²) >= 11 is 16.8. The van der Waals surface area contributed by atoms with E-state index < -0.39 is 33.9 Å². The van der Waals surface area contributed by atoms with Crippen LogP contribution in [0.4, 0.5) is 0 Å². The van der Waals surface area contributed by atoms with E-state index in [0.717, 1.165) is 12.1 Å². The maximum Gasteiger partial charge on any atom is 0.343 e. The van der Waals surface area contributed by atoms with Gasteiger partial charge in [-0.1, -0.05) is 83.3 Å². The van der Waals surface area contributed by atoms with Crippen LogP contribution in [0.2, 0.25) is 0 Å². The summed E-state index contributed by atoms with van der Waals surface area (Å²) in [7, 11) is 0. The van der Waals surface area contributed by atoms with Crippen LogP contribution in [-0.4, -0.2) is 33.2 Å². The van der Waals surface area contributed by atoms with Crippen LogP contribution >= 0.6 is 34.8 Å². The number of alkyl halides is 3. The highest BCUT2D eigenvalue weighted by molar-refractivity contribution is 6.67. The fourth-order valence-electron chi connectivity index (χ4n) is 2.72. The molecule has 0 aliphatic carbocycles. The molecule has 0 heterocycles. The van der Waals surface area contributed by atoms with Gasteiger partial charge >= 0.3 is 11.9 Å². The third-order valence-corrected chi connectivity index (χ3v) is 4.49. The molecule has 32 heavy (non-hydrogen) atoms. The first-order valence-electron chi connectivity index (χ1n) is 9.13. The number of halogens is 3. The van der Waals surface area contributed by atoms with Crippen LogP contribution in [0.1, 0.15) is 36.6 Å². The van der Waals surface area contributed by atoms with E-state index >= 15 is 0 Å². The number of ketones is 1. The van der Waals surface area contributed by atoms with Crippen molar-refractivity contribution in [1.29, 1.82) is 0 Å². The Morgan fingerprint density at radius 3 is 1.91 bits per heavy atom. The Balaban J connectivity index is 2.02. The van der Waals surface area contributed by atoms with E-state index in [1.807, 2.05) is 0 Å². The number of benzene rings is 3. The predicted octanol–water partition coefficient (Wildman–Crippen LogP) is 5.37. The summed E-state index contributed by atoms with van der Waals surface area (Å²) in [4.78, 5) is 38.0. The standard InChI is InChI=1S/C23H15Cl3O6/c24-23(25,26)13-31-21(29)16-11-17(27)19(20(28)14-7-3-1-4-8-14)18(12-16)32-22(30)15-9-5-2-6-10-15/h1-12,27H,13H2. The molecule has 0 atom stereocenters. The summed E-state index contributed by atoms with van der Waals surface area (Å²) in [5.74, 6) is -3.27. The molecule has 3 rings (SSSR count). The van der Waals surface area contributed by atoms with Crippen LogP contribution < -0.4 is 4.74 Å². The monoisotopic (exact) mass is 492 g/mol. The summed E-state index contributed by atoms with van der Waals surface area (Å²) in [5.41, 5.74) is -0.0590. The smallest absolute Gasteiger partial charge is 0.343 e. The predicted molar refractivity (Wildman–Crippen MR) is 120 cm³/mol. The molecule has 0 spiro atoms. The molecule has 0 aliphatic rings. The lowest BCUT2D eigenvalue weighted by atomic mass is 9.99. The maximum atomic E-state index is 13.0. The first-order chi connectivity index (χ1) is 15.2. The van der Waals surface area contributed by atoms with Crippen LogP contribution in [0.15, 0.2) is 72.8 Å². The minimum atomic E-state index is -1.84. The van der Waals surface area contributed by atoms with Crippen molar-refractivity contribution in [3.8, 4) is 11.5 Å². The van der Waals surface area contributed by atoms with Gasteiger partial charge in [0.25, 0.3) is 0 Å². The molecule has 164 valence electrons. The molecule has 0 unspecified atom stereocenters. The highest BCUT2D eigenvalue weighted by Crippen LogP contribution is 2.34. The molecule has 3 aromatic rings. The van der Waals surface area contributed by atoms with Gasteiger partial charge in [-0.05, 0) is 24.3 Å². The largest absolute Gasteiger partial charge is 0.507 e. The lowest BCUT2D eigenvalue weighted by molar-refractivity contribution is 0.0509. The quantitative estimate of drug-likeness (QED) is 0.215. The van der Waals surface area contributed by atoms with Gasteiger partial charge in [0.05, 0.1) is 11.1 Å². The summed E-state index contributed by atoms with van der Waals surface area (Å²) in [5, 5.41) is 10.6. The second-order valence-electron chi connectivity index (χ2n) is 6.51. The van der Waals surface area contributed by atoms with E-state index in [-0.39, 0.29) is 28.0 Å². The molecule has 6 nitrogen and oxygen atoms in total. The molecule has 0 radical (unpaired) electrons. The molecular weight excluding hydrogens is 479 g/mol. The van der Waals surface area contributed by atoms with Gasteiger partial charge < -0.3 is 14.6 Å². The minimum absolute atomic E-state index is 0.203. The molecule has 9 heteroatoms. The van der Waals surface area contributed by atoms with Crippen LogP contribution in [0, 0.1) is 0 Å². The number of carbonyl (C=O) groups is 3. The average molecular weight is 494 g/mol. The Hall–Kier alpha value is -3.06. The SMILES string of the molecule is O=C(OCC(Cl)(Cl)Cl)c1cc(O)c(C(=O)c2ccccc2)c(OC(=O)c2ccccc2)c1. The molecule has 0 aromatic heterocycles. The normalized spacial score (nSPS) is 11.0. The lowest BCUT2D eigenvalue weighted by Gasteiger charge is -2.15. The Labute approximate surface area is 198 Å². The number of rotatable bonds is 6. The second-order valence-corrected chi connectivity index (χ2v) is 9.03. The minimum Gasteiger partial charge on any atom is -0.507 e. The van der Waals surface area contributed by atoms with Crippen molar-refractivity contribution in [1.82, 2.24) is 0 Å². The zero-order valence-electron chi connectivity index (χ0n) is 16.3. The zero-order valence-corrected chi connectivity index (χ0v) is 18.5. The molecule has 0 saturated heterocycles.